The van der Waals surface area contributed by atoms with Crippen molar-refractivity contribution in [3.8, 4) is 33.8 Å². The third-order valence-corrected chi connectivity index (χ3v) is 7.22. The van der Waals surface area contributed by atoms with Crippen LogP contribution in [0.5, 0.6) is 11.5 Å². The molecule has 0 amide bonds. The lowest BCUT2D eigenvalue weighted by atomic mass is 9.89. The van der Waals surface area contributed by atoms with Crippen LogP contribution < -0.4 is 19.1 Å². The maximum absolute atomic E-state index is 15.1. The number of ether oxygens (including phenoxy) is 2. The van der Waals surface area contributed by atoms with E-state index in [2.05, 4.69) is 19.2 Å². The highest BCUT2D eigenvalue weighted by Crippen LogP contribution is 2.48. The van der Waals surface area contributed by atoms with Crippen molar-refractivity contribution in [3.63, 3.8) is 0 Å². The molecule has 194 valence electrons. The molecule has 0 saturated carbocycles. The van der Waals surface area contributed by atoms with Crippen molar-refractivity contribution in [3.05, 3.63) is 59.2 Å². The average molecular weight is 519 g/mol. The molecule has 3 aromatic rings. The van der Waals surface area contributed by atoms with Crippen molar-refractivity contribution in [1.29, 1.82) is 0 Å². The largest absolute Gasteiger partial charge is 0.496 e. The highest BCUT2D eigenvalue weighted by atomic mass is 32.2. The van der Waals surface area contributed by atoms with Gasteiger partial charge in [-0.15, -0.1) is 0 Å². The Labute approximate surface area is 211 Å². The van der Waals surface area contributed by atoms with Crippen LogP contribution in [0.3, 0.4) is 0 Å². The van der Waals surface area contributed by atoms with E-state index in [0.717, 1.165) is 47.8 Å². The van der Waals surface area contributed by atoms with Gasteiger partial charge in [-0.2, -0.15) is 0 Å². The van der Waals surface area contributed by atoms with Gasteiger partial charge in [0.1, 0.15) is 17.2 Å². The molecule has 6 nitrogen and oxygen atoms in total. The lowest BCUT2D eigenvalue weighted by molar-refractivity contribution is 0.401. The summed E-state index contributed by atoms with van der Waals surface area (Å²) in [5.41, 5.74) is 4.06. The zero-order valence-electron chi connectivity index (χ0n) is 21.8. The smallest absolute Gasteiger partial charge is 0.232 e. The Morgan fingerprint density at radius 2 is 1.31 bits per heavy atom. The van der Waals surface area contributed by atoms with Gasteiger partial charge in [-0.05, 0) is 63.1 Å². The molecule has 9 heteroatoms. The second-order valence-electron chi connectivity index (χ2n) is 8.96. The van der Waals surface area contributed by atoms with Crippen LogP contribution >= 0.6 is 0 Å². The van der Waals surface area contributed by atoms with Gasteiger partial charge in [0.05, 0.1) is 20.5 Å². The minimum Gasteiger partial charge on any atom is -0.496 e. The normalized spacial score (nSPS) is 11.5. The number of nitrogens with zero attached hydrogens (tertiary/aromatic N) is 1. The molecular formula is C27H32F2N2O4S. The minimum atomic E-state index is -3.86. The van der Waals surface area contributed by atoms with Crippen LogP contribution in [0.2, 0.25) is 0 Å². The Balaban J connectivity index is 2.25. The van der Waals surface area contributed by atoms with Gasteiger partial charge >= 0.3 is 0 Å². The van der Waals surface area contributed by atoms with E-state index in [1.807, 2.05) is 31.2 Å². The van der Waals surface area contributed by atoms with Gasteiger partial charge in [0.2, 0.25) is 10.0 Å². The lowest BCUT2D eigenvalue weighted by Gasteiger charge is -2.24. The summed E-state index contributed by atoms with van der Waals surface area (Å²) in [7, 11) is 0.284. The second kappa shape index (κ2) is 10.3. The molecule has 36 heavy (non-hydrogen) atoms. The van der Waals surface area contributed by atoms with Crippen LogP contribution in [-0.2, 0) is 10.0 Å². The van der Waals surface area contributed by atoms with Crippen LogP contribution in [0.25, 0.3) is 22.3 Å². The van der Waals surface area contributed by atoms with E-state index in [-0.39, 0.29) is 11.6 Å². The van der Waals surface area contributed by atoms with Gasteiger partial charge < -0.3 is 14.8 Å². The molecule has 0 radical (unpaired) electrons. The summed E-state index contributed by atoms with van der Waals surface area (Å²) < 4.78 is 66.0. The Bertz CT molecular complexity index is 1370. The first-order valence-corrected chi connectivity index (χ1v) is 13.2. The molecule has 0 spiro atoms. The first kappa shape index (κ1) is 27.3. The van der Waals surface area contributed by atoms with Crippen LogP contribution in [0, 0.1) is 25.5 Å². The number of halogens is 2. The molecule has 3 aromatic carbocycles. The van der Waals surface area contributed by atoms with Gasteiger partial charge in [0.15, 0.2) is 11.6 Å². The molecule has 0 fully saturated rings. The average Bonchev–Trinajstić information content (AvgIpc) is 2.78. The van der Waals surface area contributed by atoms with Crippen molar-refractivity contribution in [2.45, 2.75) is 33.7 Å². The monoisotopic (exact) mass is 518 g/mol. The summed E-state index contributed by atoms with van der Waals surface area (Å²) in [4.78, 5) is 0. The van der Waals surface area contributed by atoms with Gasteiger partial charge in [-0.1, -0.05) is 12.1 Å². The van der Waals surface area contributed by atoms with Crippen LogP contribution in [0.15, 0.2) is 36.4 Å². The van der Waals surface area contributed by atoms with Gasteiger partial charge in [-0.3, -0.25) is 4.31 Å². The number of rotatable bonds is 8. The molecule has 1 N–H and O–H groups in total. The van der Waals surface area contributed by atoms with E-state index in [4.69, 9.17) is 9.47 Å². The zero-order chi connectivity index (χ0) is 26.9. The molecule has 0 saturated heterocycles. The maximum Gasteiger partial charge on any atom is 0.232 e. The molecule has 0 aliphatic heterocycles. The SMILES string of the molecule is COc1c(C)c(-c2cc(F)c(N(C)S(C)(=O)=O)c(F)c2)c(OC)c(C)c1-c1ccc(NC(C)C)cc1. The summed E-state index contributed by atoms with van der Waals surface area (Å²) in [6.45, 7) is 7.77. The maximum atomic E-state index is 15.1. The summed E-state index contributed by atoms with van der Waals surface area (Å²) in [5, 5.41) is 3.36. The van der Waals surface area contributed by atoms with Crippen LogP contribution in [-0.4, -0.2) is 42.0 Å². The van der Waals surface area contributed by atoms with E-state index in [1.54, 1.807) is 14.0 Å². The third kappa shape index (κ3) is 5.11. The summed E-state index contributed by atoms with van der Waals surface area (Å²) >= 11 is 0. The fraction of sp³-hybridized carbons (Fsp3) is 0.333. The van der Waals surface area contributed by atoms with Crippen LogP contribution in [0.4, 0.5) is 20.2 Å². The van der Waals surface area contributed by atoms with E-state index >= 15 is 8.78 Å². The predicted octanol–water partition coefficient (Wildman–Crippen LogP) is 6.15. The molecule has 0 aliphatic carbocycles. The van der Waals surface area contributed by atoms with Gasteiger partial charge in [-0.25, -0.2) is 17.2 Å². The van der Waals surface area contributed by atoms with E-state index in [9.17, 15) is 8.42 Å². The van der Waals surface area contributed by atoms with Crippen molar-refractivity contribution in [1.82, 2.24) is 0 Å². The Morgan fingerprint density at radius 3 is 1.69 bits per heavy atom. The number of hydrogen-bond acceptors (Lipinski definition) is 5. The van der Waals surface area contributed by atoms with E-state index in [0.29, 0.717) is 26.9 Å². The van der Waals surface area contributed by atoms with E-state index < -0.39 is 27.3 Å². The first-order valence-electron chi connectivity index (χ1n) is 11.4. The first-order chi connectivity index (χ1) is 16.8. The number of anilines is 2. The van der Waals surface area contributed by atoms with Crippen molar-refractivity contribution < 1.29 is 26.7 Å². The zero-order valence-corrected chi connectivity index (χ0v) is 22.6. The Kier molecular flexibility index (Phi) is 7.83. The number of benzene rings is 3. The molecule has 3 rings (SSSR count). The Hall–Kier alpha value is -3.33. The fourth-order valence-corrected chi connectivity index (χ4v) is 4.90. The molecule has 0 bridgehead atoms. The lowest BCUT2D eigenvalue weighted by Crippen LogP contribution is -2.26. The molecule has 0 heterocycles. The fourth-order valence-electron chi connectivity index (χ4n) is 4.39. The summed E-state index contributed by atoms with van der Waals surface area (Å²) in [6.07, 6.45) is 0.880. The molecule has 0 atom stereocenters. The predicted molar refractivity (Wildman–Crippen MR) is 142 cm³/mol. The van der Waals surface area contributed by atoms with Crippen LogP contribution in [0.1, 0.15) is 25.0 Å². The highest BCUT2D eigenvalue weighted by molar-refractivity contribution is 7.92. The Morgan fingerprint density at radius 1 is 0.861 bits per heavy atom. The standard InChI is InChI=1S/C27H32F2N2O4S/c1-15(2)30-20-11-9-18(10-12-20)23-16(3)27(35-7)24(17(4)26(23)34-6)19-13-21(28)25(22(29)14-19)31(5)36(8,32)33/h9-15,30H,1-8H3. The number of methoxy groups -OCH3 is 2. The van der Waals surface area contributed by atoms with Crippen molar-refractivity contribution in [2.75, 3.05) is 37.1 Å². The quantitative estimate of drug-likeness (QED) is 0.388. The molecule has 0 aromatic heterocycles. The van der Waals surface area contributed by atoms with E-state index in [1.165, 1.54) is 7.11 Å². The second-order valence-corrected chi connectivity index (χ2v) is 11.0. The van der Waals surface area contributed by atoms with Crippen molar-refractivity contribution >= 4 is 21.4 Å². The summed E-state index contributed by atoms with van der Waals surface area (Å²) in [6, 6.07) is 10.4. The van der Waals surface area contributed by atoms with Gasteiger partial charge in [0.25, 0.3) is 0 Å². The topological polar surface area (TPSA) is 67.9 Å². The molecule has 0 unspecified atom stereocenters. The minimum absolute atomic E-state index is 0.203. The molecule has 0 aliphatic rings. The third-order valence-electron chi connectivity index (χ3n) is 6.04. The molecular weight excluding hydrogens is 486 g/mol. The number of nitrogens with one attached hydrogen (secondary N) is 1. The number of hydrogen-bond donors (Lipinski definition) is 1. The number of sulfonamides is 1. The van der Waals surface area contributed by atoms with Crippen molar-refractivity contribution in [2.24, 2.45) is 0 Å². The highest BCUT2D eigenvalue weighted by Gasteiger charge is 2.27. The van der Waals surface area contributed by atoms with Gasteiger partial charge in [0, 0.05) is 41.0 Å². The summed E-state index contributed by atoms with van der Waals surface area (Å²) in [5.74, 6) is -1.02.